The molecular weight excluding hydrogens is 262 g/mol. The molecule has 4 heteroatoms. The van der Waals surface area contributed by atoms with Gasteiger partial charge in [-0.25, -0.2) is 0 Å². The number of fused-ring (bicyclic) bond motifs is 2. The summed E-state index contributed by atoms with van der Waals surface area (Å²) in [5, 5.41) is 10.4. The molecule has 2 bridgehead atoms. The van der Waals surface area contributed by atoms with Gasteiger partial charge in [-0.2, -0.15) is 0 Å². The van der Waals surface area contributed by atoms with E-state index in [-0.39, 0.29) is 6.10 Å². The summed E-state index contributed by atoms with van der Waals surface area (Å²) in [6.07, 6.45) is 4.17. The maximum absolute atomic E-state index is 9.77. The standard InChI is InChI=1S/C15H20ClNO2/c16-14-3-1-2-4-15(14)19-8-7-17-11-5-6-12(17)10-13(18)9-11/h1-4,11-13,18H,5-10H2. The number of halogens is 1. The van der Waals surface area contributed by atoms with Crippen LogP contribution >= 0.6 is 11.6 Å². The molecule has 104 valence electrons. The molecule has 2 fully saturated rings. The number of ether oxygens (including phenoxy) is 1. The number of nitrogens with zero attached hydrogens (tertiary/aromatic N) is 1. The van der Waals surface area contributed by atoms with Crippen LogP contribution in [0.4, 0.5) is 0 Å². The van der Waals surface area contributed by atoms with E-state index < -0.39 is 0 Å². The Bertz CT molecular complexity index is 426. The molecule has 2 atom stereocenters. The molecular formula is C15H20ClNO2. The number of para-hydroxylation sites is 1. The second-order valence-corrected chi connectivity index (χ2v) is 5.93. The average Bonchev–Trinajstić information content (AvgIpc) is 2.64. The van der Waals surface area contributed by atoms with Crippen LogP contribution in [0.5, 0.6) is 5.75 Å². The van der Waals surface area contributed by atoms with Crippen molar-refractivity contribution in [2.45, 2.75) is 43.9 Å². The van der Waals surface area contributed by atoms with Crippen LogP contribution in [-0.4, -0.2) is 41.3 Å². The Morgan fingerprint density at radius 2 is 1.89 bits per heavy atom. The zero-order valence-corrected chi connectivity index (χ0v) is 11.7. The third-order valence-corrected chi connectivity index (χ3v) is 4.62. The van der Waals surface area contributed by atoms with Crippen LogP contribution in [0.3, 0.4) is 0 Å². The van der Waals surface area contributed by atoms with Gasteiger partial charge in [0.25, 0.3) is 0 Å². The van der Waals surface area contributed by atoms with Crippen LogP contribution in [0.2, 0.25) is 5.02 Å². The fourth-order valence-corrected chi connectivity index (χ4v) is 3.62. The summed E-state index contributed by atoms with van der Waals surface area (Å²) in [6, 6.07) is 8.67. The molecule has 2 aliphatic rings. The Morgan fingerprint density at radius 1 is 1.21 bits per heavy atom. The van der Waals surface area contributed by atoms with Gasteiger partial charge in [0, 0.05) is 18.6 Å². The molecule has 2 unspecified atom stereocenters. The molecule has 0 amide bonds. The van der Waals surface area contributed by atoms with E-state index in [1.807, 2.05) is 24.3 Å². The number of rotatable bonds is 4. The smallest absolute Gasteiger partial charge is 0.137 e. The minimum absolute atomic E-state index is 0.0989. The van der Waals surface area contributed by atoms with Gasteiger partial charge < -0.3 is 9.84 Å². The Hall–Kier alpha value is -0.770. The fourth-order valence-electron chi connectivity index (χ4n) is 3.43. The maximum Gasteiger partial charge on any atom is 0.137 e. The van der Waals surface area contributed by atoms with Crippen molar-refractivity contribution >= 4 is 11.6 Å². The predicted octanol–water partition coefficient (Wildman–Crippen LogP) is 2.71. The zero-order chi connectivity index (χ0) is 13.2. The van der Waals surface area contributed by atoms with Crippen molar-refractivity contribution in [2.75, 3.05) is 13.2 Å². The van der Waals surface area contributed by atoms with E-state index in [1.54, 1.807) is 0 Å². The Kier molecular flexibility index (Phi) is 3.96. The number of hydrogen-bond donors (Lipinski definition) is 1. The van der Waals surface area contributed by atoms with Gasteiger partial charge in [-0.1, -0.05) is 23.7 Å². The van der Waals surface area contributed by atoms with Crippen LogP contribution in [0, 0.1) is 0 Å². The molecule has 2 heterocycles. The lowest BCUT2D eigenvalue weighted by atomic mass is 10.0. The number of piperidine rings is 1. The summed E-state index contributed by atoms with van der Waals surface area (Å²) in [7, 11) is 0. The highest BCUT2D eigenvalue weighted by atomic mass is 35.5. The molecule has 0 spiro atoms. The van der Waals surface area contributed by atoms with E-state index >= 15 is 0 Å². The van der Waals surface area contributed by atoms with E-state index in [9.17, 15) is 5.11 Å². The van der Waals surface area contributed by atoms with Gasteiger partial charge in [0.15, 0.2) is 0 Å². The second kappa shape index (κ2) is 5.70. The summed E-state index contributed by atoms with van der Waals surface area (Å²) in [4.78, 5) is 2.50. The van der Waals surface area contributed by atoms with Gasteiger partial charge in [0.2, 0.25) is 0 Å². The first-order valence-electron chi connectivity index (χ1n) is 7.05. The topological polar surface area (TPSA) is 32.7 Å². The lowest BCUT2D eigenvalue weighted by Gasteiger charge is -2.36. The summed E-state index contributed by atoms with van der Waals surface area (Å²) in [6.45, 7) is 1.58. The molecule has 3 nitrogen and oxygen atoms in total. The van der Waals surface area contributed by atoms with E-state index in [4.69, 9.17) is 16.3 Å². The molecule has 0 saturated carbocycles. The van der Waals surface area contributed by atoms with E-state index in [0.29, 0.717) is 23.7 Å². The molecule has 0 radical (unpaired) electrons. The van der Waals surface area contributed by atoms with Crippen molar-refractivity contribution in [3.05, 3.63) is 29.3 Å². The Morgan fingerprint density at radius 3 is 2.58 bits per heavy atom. The van der Waals surface area contributed by atoms with E-state index in [1.165, 1.54) is 12.8 Å². The fraction of sp³-hybridized carbons (Fsp3) is 0.600. The highest BCUT2D eigenvalue weighted by Gasteiger charge is 2.39. The normalized spacial score (nSPS) is 30.5. The third kappa shape index (κ3) is 2.88. The first-order valence-corrected chi connectivity index (χ1v) is 7.43. The first kappa shape index (κ1) is 13.2. The van der Waals surface area contributed by atoms with E-state index in [2.05, 4.69) is 4.90 Å². The van der Waals surface area contributed by atoms with Crippen LogP contribution in [0.1, 0.15) is 25.7 Å². The predicted molar refractivity (Wildman–Crippen MR) is 75.7 cm³/mol. The SMILES string of the molecule is OC1CC2CCC(C1)N2CCOc1ccccc1Cl. The number of benzene rings is 1. The summed E-state index contributed by atoms with van der Waals surface area (Å²) in [5.41, 5.74) is 0. The summed E-state index contributed by atoms with van der Waals surface area (Å²) in [5.74, 6) is 0.758. The molecule has 2 saturated heterocycles. The quantitative estimate of drug-likeness (QED) is 0.921. The Labute approximate surface area is 119 Å². The minimum atomic E-state index is -0.0989. The second-order valence-electron chi connectivity index (χ2n) is 5.53. The zero-order valence-electron chi connectivity index (χ0n) is 11.0. The number of hydrogen-bond acceptors (Lipinski definition) is 3. The lowest BCUT2D eigenvalue weighted by Crippen LogP contribution is -2.46. The molecule has 19 heavy (non-hydrogen) atoms. The van der Waals surface area contributed by atoms with Crippen molar-refractivity contribution in [2.24, 2.45) is 0 Å². The van der Waals surface area contributed by atoms with Gasteiger partial charge in [-0.3, -0.25) is 4.90 Å². The molecule has 2 aliphatic heterocycles. The Balaban J connectivity index is 1.52. The van der Waals surface area contributed by atoms with Gasteiger partial charge in [0.05, 0.1) is 11.1 Å². The lowest BCUT2D eigenvalue weighted by molar-refractivity contribution is 0.0288. The molecule has 1 aromatic carbocycles. The van der Waals surface area contributed by atoms with E-state index in [0.717, 1.165) is 25.1 Å². The highest BCUT2D eigenvalue weighted by molar-refractivity contribution is 6.32. The highest BCUT2D eigenvalue weighted by Crippen LogP contribution is 2.35. The molecule has 0 aromatic heterocycles. The van der Waals surface area contributed by atoms with Crippen LogP contribution in [-0.2, 0) is 0 Å². The van der Waals surface area contributed by atoms with Gasteiger partial charge in [-0.15, -0.1) is 0 Å². The van der Waals surface area contributed by atoms with Gasteiger partial charge in [0.1, 0.15) is 12.4 Å². The molecule has 0 aliphatic carbocycles. The molecule has 3 rings (SSSR count). The molecule has 1 N–H and O–H groups in total. The molecule has 1 aromatic rings. The third-order valence-electron chi connectivity index (χ3n) is 4.30. The van der Waals surface area contributed by atoms with Crippen LogP contribution in [0.25, 0.3) is 0 Å². The van der Waals surface area contributed by atoms with Gasteiger partial charge >= 0.3 is 0 Å². The van der Waals surface area contributed by atoms with Crippen molar-refractivity contribution < 1.29 is 9.84 Å². The number of aliphatic hydroxyl groups is 1. The van der Waals surface area contributed by atoms with Crippen molar-refractivity contribution in [3.63, 3.8) is 0 Å². The first-order chi connectivity index (χ1) is 9.24. The average molecular weight is 282 g/mol. The summed E-state index contributed by atoms with van der Waals surface area (Å²) >= 11 is 6.06. The van der Waals surface area contributed by atoms with Crippen molar-refractivity contribution in [1.82, 2.24) is 4.90 Å². The monoisotopic (exact) mass is 281 g/mol. The maximum atomic E-state index is 9.77. The van der Waals surface area contributed by atoms with Crippen molar-refractivity contribution in [3.8, 4) is 5.75 Å². The van der Waals surface area contributed by atoms with Crippen LogP contribution < -0.4 is 4.74 Å². The van der Waals surface area contributed by atoms with Gasteiger partial charge in [-0.05, 0) is 37.8 Å². The largest absolute Gasteiger partial charge is 0.491 e. The van der Waals surface area contributed by atoms with Crippen LogP contribution in [0.15, 0.2) is 24.3 Å². The van der Waals surface area contributed by atoms with Crippen molar-refractivity contribution in [1.29, 1.82) is 0 Å². The number of aliphatic hydroxyl groups excluding tert-OH is 1. The minimum Gasteiger partial charge on any atom is -0.491 e. The summed E-state index contributed by atoms with van der Waals surface area (Å²) < 4.78 is 5.75.